The molecule has 0 unspecified atom stereocenters. The highest BCUT2D eigenvalue weighted by Crippen LogP contribution is 2.26. The van der Waals surface area contributed by atoms with Crippen LogP contribution in [0.25, 0.3) is 0 Å². The lowest BCUT2D eigenvalue weighted by Crippen LogP contribution is -2.15. The van der Waals surface area contributed by atoms with Gasteiger partial charge in [0.1, 0.15) is 5.69 Å². The van der Waals surface area contributed by atoms with E-state index in [4.69, 9.17) is 9.84 Å². The summed E-state index contributed by atoms with van der Waals surface area (Å²) in [6.45, 7) is 1.85. The molecule has 102 valence electrons. The van der Waals surface area contributed by atoms with Crippen molar-refractivity contribution in [2.75, 3.05) is 25.1 Å². The van der Waals surface area contributed by atoms with Crippen LogP contribution in [0, 0.1) is 16.0 Å². The number of rotatable bonds is 5. The number of benzene rings is 1. The molecule has 1 saturated heterocycles. The standard InChI is InChI=1S/C12H14N2O5/c15-12(16)9-1-2-11(14(17)18)10(5-9)13-6-8-3-4-19-7-8/h1-2,5,8,13H,3-4,6-7H2,(H,15,16)/t8-/m1/s1. The molecule has 1 fully saturated rings. The summed E-state index contributed by atoms with van der Waals surface area (Å²) >= 11 is 0. The van der Waals surface area contributed by atoms with Crippen LogP contribution in [0.3, 0.4) is 0 Å². The second-order valence-corrected chi connectivity index (χ2v) is 4.40. The van der Waals surface area contributed by atoms with Crippen molar-refractivity contribution in [2.45, 2.75) is 6.42 Å². The van der Waals surface area contributed by atoms with Gasteiger partial charge >= 0.3 is 5.97 Å². The smallest absolute Gasteiger partial charge is 0.335 e. The predicted octanol–water partition coefficient (Wildman–Crippen LogP) is 1.74. The lowest BCUT2D eigenvalue weighted by atomic mass is 10.1. The van der Waals surface area contributed by atoms with Crippen molar-refractivity contribution in [3.63, 3.8) is 0 Å². The summed E-state index contributed by atoms with van der Waals surface area (Å²) in [5.74, 6) is -0.810. The van der Waals surface area contributed by atoms with Crippen LogP contribution < -0.4 is 5.32 Å². The Hall–Kier alpha value is -2.15. The Bertz CT molecular complexity index is 497. The number of nitro benzene ring substituents is 1. The van der Waals surface area contributed by atoms with Crippen LogP contribution in [0.5, 0.6) is 0 Å². The third kappa shape index (κ3) is 3.19. The molecular weight excluding hydrogens is 252 g/mol. The van der Waals surface area contributed by atoms with Gasteiger partial charge in [0.25, 0.3) is 5.69 Å². The quantitative estimate of drug-likeness (QED) is 0.621. The van der Waals surface area contributed by atoms with E-state index in [0.717, 1.165) is 6.42 Å². The molecule has 19 heavy (non-hydrogen) atoms. The van der Waals surface area contributed by atoms with Crippen LogP contribution in [-0.2, 0) is 4.74 Å². The second kappa shape index (κ2) is 5.66. The average Bonchev–Trinajstić information content (AvgIpc) is 2.88. The van der Waals surface area contributed by atoms with E-state index in [0.29, 0.717) is 25.7 Å². The number of aromatic carboxylic acids is 1. The number of carbonyl (C=O) groups is 1. The highest BCUT2D eigenvalue weighted by Gasteiger charge is 2.19. The van der Waals surface area contributed by atoms with Gasteiger partial charge in [-0.15, -0.1) is 0 Å². The number of hydrogen-bond donors (Lipinski definition) is 2. The van der Waals surface area contributed by atoms with E-state index in [9.17, 15) is 14.9 Å². The number of nitrogens with one attached hydrogen (secondary N) is 1. The number of nitro groups is 1. The Balaban J connectivity index is 2.16. The number of anilines is 1. The molecule has 7 nitrogen and oxygen atoms in total. The maximum atomic E-state index is 10.9. The van der Waals surface area contributed by atoms with Gasteiger partial charge in [0.15, 0.2) is 0 Å². The largest absolute Gasteiger partial charge is 0.478 e. The Morgan fingerprint density at radius 1 is 1.58 bits per heavy atom. The predicted molar refractivity (Wildman–Crippen MR) is 67.5 cm³/mol. The molecule has 0 spiro atoms. The molecule has 1 aliphatic rings. The van der Waals surface area contributed by atoms with Crippen LogP contribution in [0.2, 0.25) is 0 Å². The Labute approximate surface area is 109 Å². The van der Waals surface area contributed by atoms with Gasteiger partial charge < -0.3 is 15.2 Å². The fourth-order valence-corrected chi connectivity index (χ4v) is 1.97. The van der Waals surface area contributed by atoms with Crippen LogP contribution in [-0.4, -0.2) is 35.8 Å². The SMILES string of the molecule is O=C(O)c1ccc([N+](=O)[O-])c(NC[C@H]2CCOC2)c1. The molecule has 0 aromatic heterocycles. The first-order chi connectivity index (χ1) is 9.08. The van der Waals surface area contributed by atoms with E-state index in [1.807, 2.05) is 0 Å². The fraction of sp³-hybridized carbons (Fsp3) is 0.417. The molecule has 1 heterocycles. The highest BCUT2D eigenvalue weighted by molar-refractivity contribution is 5.90. The minimum Gasteiger partial charge on any atom is -0.478 e. The molecule has 0 radical (unpaired) electrons. The number of ether oxygens (including phenoxy) is 1. The van der Waals surface area contributed by atoms with Gasteiger partial charge in [-0.25, -0.2) is 4.79 Å². The monoisotopic (exact) mass is 266 g/mol. The van der Waals surface area contributed by atoms with Gasteiger partial charge in [-0.2, -0.15) is 0 Å². The maximum absolute atomic E-state index is 10.9. The van der Waals surface area contributed by atoms with Crippen molar-refractivity contribution in [3.05, 3.63) is 33.9 Å². The zero-order valence-corrected chi connectivity index (χ0v) is 10.2. The molecule has 1 aliphatic heterocycles. The molecule has 1 atom stereocenters. The van der Waals surface area contributed by atoms with Crippen molar-refractivity contribution in [1.82, 2.24) is 0 Å². The summed E-state index contributed by atoms with van der Waals surface area (Å²) < 4.78 is 5.22. The Morgan fingerprint density at radius 2 is 2.37 bits per heavy atom. The van der Waals surface area contributed by atoms with Gasteiger partial charge in [0, 0.05) is 25.1 Å². The summed E-state index contributed by atoms with van der Waals surface area (Å²) in [5.41, 5.74) is 0.136. The molecule has 2 N–H and O–H groups in total. The van der Waals surface area contributed by atoms with E-state index < -0.39 is 10.9 Å². The first kappa shape index (κ1) is 13.3. The van der Waals surface area contributed by atoms with Gasteiger partial charge in [0.05, 0.1) is 17.1 Å². The molecule has 0 amide bonds. The van der Waals surface area contributed by atoms with E-state index in [2.05, 4.69) is 5.32 Å². The molecule has 7 heteroatoms. The van der Waals surface area contributed by atoms with Gasteiger partial charge in [-0.1, -0.05) is 0 Å². The molecule has 0 aliphatic carbocycles. The number of carboxylic acids is 1. The normalized spacial score (nSPS) is 18.2. The molecule has 0 bridgehead atoms. The second-order valence-electron chi connectivity index (χ2n) is 4.40. The number of hydrogen-bond acceptors (Lipinski definition) is 5. The molecule has 2 rings (SSSR count). The van der Waals surface area contributed by atoms with Crippen LogP contribution in [0.4, 0.5) is 11.4 Å². The van der Waals surface area contributed by atoms with Crippen LogP contribution in [0.1, 0.15) is 16.8 Å². The van der Waals surface area contributed by atoms with Crippen molar-refractivity contribution < 1.29 is 19.6 Å². The average molecular weight is 266 g/mol. The van der Waals surface area contributed by atoms with E-state index >= 15 is 0 Å². The fourth-order valence-electron chi connectivity index (χ4n) is 1.97. The van der Waals surface area contributed by atoms with Crippen molar-refractivity contribution >= 4 is 17.3 Å². The third-order valence-corrected chi connectivity index (χ3v) is 3.05. The third-order valence-electron chi connectivity index (χ3n) is 3.05. The Kier molecular flexibility index (Phi) is 3.96. The van der Waals surface area contributed by atoms with Gasteiger partial charge in [-0.3, -0.25) is 10.1 Å². The summed E-state index contributed by atoms with van der Waals surface area (Å²) in [5, 5.41) is 22.7. The van der Waals surface area contributed by atoms with Crippen LogP contribution in [0.15, 0.2) is 18.2 Å². The minimum absolute atomic E-state index is 0.0239. The van der Waals surface area contributed by atoms with Gasteiger partial charge in [-0.05, 0) is 18.6 Å². The summed E-state index contributed by atoms with van der Waals surface area (Å²) in [4.78, 5) is 21.2. The number of carboxylic acid groups (broad SMARTS) is 1. The molecular formula is C12H14N2O5. The lowest BCUT2D eigenvalue weighted by molar-refractivity contribution is -0.384. The minimum atomic E-state index is -1.11. The lowest BCUT2D eigenvalue weighted by Gasteiger charge is -2.11. The summed E-state index contributed by atoms with van der Waals surface area (Å²) in [6.07, 6.45) is 0.902. The van der Waals surface area contributed by atoms with Crippen molar-refractivity contribution in [1.29, 1.82) is 0 Å². The van der Waals surface area contributed by atoms with E-state index in [-0.39, 0.29) is 16.9 Å². The molecule has 0 saturated carbocycles. The summed E-state index contributed by atoms with van der Waals surface area (Å²) in [6, 6.07) is 3.72. The van der Waals surface area contributed by atoms with E-state index in [1.54, 1.807) is 0 Å². The molecule has 1 aromatic rings. The van der Waals surface area contributed by atoms with Gasteiger partial charge in [0.2, 0.25) is 0 Å². The zero-order valence-electron chi connectivity index (χ0n) is 10.2. The summed E-state index contributed by atoms with van der Waals surface area (Å²) in [7, 11) is 0. The first-order valence-corrected chi connectivity index (χ1v) is 5.91. The zero-order chi connectivity index (χ0) is 13.8. The Morgan fingerprint density at radius 3 is 2.95 bits per heavy atom. The maximum Gasteiger partial charge on any atom is 0.335 e. The molecule has 1 aromatic carbocycles. The van der Waals surface area contributed by atoms with Crippen LogP contribution >= 0.6 is 0 Å². The van der Waals surface area contributed by atoms with Crippen molar-refractivity contribution in [2.24, 2.45) is 5.92 Å². The number of nitrogens with zero attached hydrogens (tertiary/aromatic N) is 1. The highest BCUT2D eigenvalue weighted by atomic mass is 16.6. The van der Waals surface area contributed by atoms with Crippen molar-refractivity contribution in [3.8, 4) is 0 Å². The topological polar surface area (TPSA) is 102 Å². The van der Waals surface area contributed by atoms with E-state index in [1.165, 1.54) is 18.2 Å². The first-order valence-electron chi connectivity index (χ1n) is 5.91.